The number of hydrogen-bond donors (Lipinski definition) is 3. The highest BCUT2D eigenvalue weighted by atomic mass is 16.6. The molecule has 3 aliphatic rings. The highest BCUT2D eigenvalue weighted by Gasteiger charge is 2.66. The first kappa shape index (κ1) is 19.3. The smallest absolute Gasteiger partial charge is 0.407 e. The van der Waals surface area contributed by atoms with Crippen LogP contribution in [0.15, 0.2) is 4.99 Å². The molecule has 1 spiro atoms. The first-order valence-electron chi connectivity index (χ1n) is 9.99. The van der Waals surface area contributed by atoms with Crippen LogP contribution in [0.5, 0.6) is 0 Å². The Kier molecular flexibility index (Phi) is 5.65. The quantitative estimate of drug-likeness (QED) is 0.394. The van der Waals surface area contributed by atoms with Gasteiger partial charge in [0.15, 0.2) is 5.96 Å². The van der Waals surface area contributed by atoms with Gasteiger partial charge in [0.05, 0.1) is 12.6 Å². The third kappa shape index (κ3) is 3.92. The van der Waals surface area contributed by atoms with Crippen molar-refractivity contribution in [2.45, 2.75) is 71.1 Å². The van der Waals surface area contributed by atoms with E-state index < -0.39 is 11.7 Å². The zero-order chi connectivity index (χ0) is 18.8. The number of amides is 1. The summed E-state index contributed by atoms with van der Waals surface area (Å²) in [5.41, 5.74) is -0.156. The molecule has 0 bridgehead atoms. The van der Waals surface area contributed by atoms with E-state index in [1.54, 1.807) is 0 Å². The molecule has 1 aliphatic heterocycles. The zero-order valence-corrected chi connectivity index (χ0v) is 16.6. The van der Waals surface area contributed by atoms with Gasteiger partial charge in [0.1, 0.15) is 5.60 Å². The van der Waals surface area contributed by atoms with Crippen LogP contribution >= 0.6 is 0 Å². The van der Waals surface area contributed by atoms with Crippen LogP contribution in [0.1, 0.15) is 53.4 Å². The van der Waals surface area contributed by atoms with Gasteiger partial charge in [-0.2, -0.15) is 0 Å². The lowest BCUT2D eigenvalue weighted by Crippen LogP contribution is -2.72. The van der Waals surface area contributed by atoms with E-state index in [1.807, 2.05) is 20.8 Å². The van der Waals surface area contributed by atoms with Gasteiger partial charge >= 0.3 is 6.09 Å². The van der Waals surface area contributed by atoms with Crippen molar-refractivity contribution in [3.8, 4) is 0 Å². The minimum absolute atomic E-state index is 0.326. The predicted molar refractivity (Wildman–Crippen MR) is 101 cm³/mol. The average Bonchev–Trinajstić information content (AvgIpc) is 2.90. The van der Waals surface area contributed by atoms with E-state index in [-0.39, 0.29) is 0 Å². The summed E-state index contributed by atoms with van der Waals surface area (Å²) in [6.45, 7) is 10.3. The second-order valence-corrected chi connectivity index (χ2v) is 8.64. The number of ether oxygens (including phenoxy) is 2. The maximum absolute atomic E-state index is 11.7. The van der Waals surface area contributed by atoms with Crippen LogP contribution in [0, 0.1) is 11.3 Å². The Bertz CT molecular complexity index is 539. The van der Waals surface area contributed by atoms with E-state index in [1.165, 1.54) is 19.3 Å². The summed E-state index contributed by atoms with van der Waals surface area (Å²) in [4.78, 5) is 16.3. The maximum Gasteiger partial charge on any atom is 0.407 e. The number of fused-ring (bicyclic) bond motifs is 2. The summed E-state index contributed by atoms with van der Waals surface area (Å²) in [7, 11) is 0. The molecule has 2 aliphatic carbocycles. The van der Waals surface area contributed by atoms with E-state index in [0.717, 1.165) is 25.5 Å². The molecule has 148 valence electrons. The number of nitrogens with zero attached hydrogens (tertiary/aromatic N) is 1. The lowest BCUT2D eigenvalue weighted by Gasteiger charge is -2.63. The molecule has 1 saturated heterocycles. The van der Waals surface area contributed by atoms with Gasteiger partial charge in [-0.25, -0.2) is 4.79 Å². The molecule has 3 rings (SSSR count). The molecular formula is C19H34N4O3. The highest BCUT2D eigenvalue weighted by molar-refractivity contribution is 5.80. The van der Waals surface area contributed by atoms with Crippen LogP contribution in [0.2, 0.25) is 0 Å². The molecule has 0 aromatic rings. The molecule has 3 N–H and O–H groups in total. The average molecular weight is 367 g/mol. The Hall–Kier alpha value is -1.50. The van der Waals surface area contributed by atoms with E-state index in [0.29, 0.717) is 36.6 Å². The van der Waals surface area contributed by atoms with Gasteiger partial charge in [-0.1, -0.05) is 6.42 Å². The SMILES string of the molecule is CCNC(=NCCNC(=O)OC(C)(C)C)NC1C2CCOC2C12CCC2. The molecule has 7 heteroatoms. The molecule has 1 amide bonds. The van der Waals surface area contributed by atoms with Crippen LogP contribution in [0.25, 0.3) is 0 Å². The van der Waals surface area contributed by atoms with Crippen molar-refractivity contribution in [1.82, 2.24) is 16.0 Å². The normalized spacial score (nSPS) is 29.4. The van der Waals surface area contributed by atoms with Crippen molar-refractivity contribution in [3.05, 3.63) is 0 Å². The van der Waals surface area contributed by atoms with Gasteiger partial charge in [0.2, 0.25) is 0 Å². The Labute approximate surface area is 156 Å². The molecule has 3 unspecified atom stereocenters. The molecule has 26 heavy (non-hydrogen) atoms. The van der Waals surface area contributed by atoms with Crippen molar-refractivity contribution < 1.29 is 14.3 Å². The molecule has 3 fully saturated rings. The molecule has 0 aromatic heterocycles. The Balaban J connectivity index is 1.49. The van der Waals surface area contributed by atoms with Crippen LogP contribution in [0.3, 0.4) is 0 Å². The van der Waals surface area contributed by atoms with Crippen molar-refractivity contribution >= 4 is 12.1 Å². The highest BCUT2D eigenvalue weighted by Crippen LogP contribution is 2.62. The van der Waals surface area contributed by atoms with Gasteiger partial charge in [0, 0.05) is 37.1 Å². The lowest BCUT2D eigenvalue weighted by atomic mass is 9.46. The lowest BCUT2D eigenvalue weighted by molar-refractivity contribution is -0.171. The Morgan fingerprint density at radius 1 is 1.31 bits per heavy atom. The largest absolute Gasteiger partial charge is 0.444 e. The third-order valence-electron chi connectivity index (χ3n) is 5.72. The number of guanidine groups is 1. The second-order valence-electron chi connectivity index (χ2n) is 8.64. The van der Waals surface area contributed by atoms with E-state index in [4.69, 9.17) is 9.47 Å². The van der Waals surface area contributed by atoms with Gasteiger partial charge in [0.25, 0.3) is 0 Å². The van der Waals surface area contributed by atoms with Crippen LogP contribution < -0.4 is 16.0 Å². The fourth-order valence-corrected chi connectivity index (χ4v) is 4.56. The summed E-state index contributed by atoms with van der Waals surface area (Å²) < 4.78 is 11.2. The summed E-state index contributed by atoms with van der Waals surface area (Å²) in [6.07, 6.45) is 5.01. The second kappa shape index (κ2) is 7.62. The first-order valence-corrected chi connectivity index (χ1v) is 9.99. The van der Waals surface area contributed by atoms with Gasteiger partial charge < -0.3 is 25.4 Å². The summed E-state index contributed by atoms with van der Waals surface area (Å²) >= 11 is 0. The number of carbonyl (C=O) groups is 1. The molecule has 0 radical (unpaired) electrons. The standard InChI is InChI=1S/C19H34N4O3/c1-5-20-16(21-10-11-22-17(24)26-18(2,3)4)23-14-13-7-12-25-15(13)19(14)8-6-9-19/h13-15H,5-12H2,1-4H3,(H,22,24)(H2,20,21,23). The van der Waals surface area contributed by atoms with Gasteiger partial charge in [-0.3, -0.25) is 4.99 Å². The topological polar surface area (TPSA) is 84.0 Å². The van der Waals surface area contributed by atoms with E-state index in [9.17, 15) is 4.79 Å². The van der Waals surface area contributed by atoms with Crippen molar-refractivity contribution in [2.75, 3.05) is 26.2 Å². The maximum atomic E-state index is 11.7. The number of aliphatic imine (C=N–C) groups is 1. The van der Waals surface area contributed by atoms with E-state index in [2.05, 4.69) is 27.9 Å². The molecular weight excluding hydrogens is 332 g/mol. The minimum atomic E-state index is -0.481. The fourth-order valence-electron chi connectivity index (χ4n) is 4.56. The number of nitrogens with one attached hydrogen (secondary N) is 3. The molecule has 0 aromatic carbocycles. The van der Waals surface area contributed by atoms with Crippen LogP contribution in [0.4, 0.5) is 4.79 Å². The van der Waals surface area contributed by atoms with Crippen LogP contribution in [-0.4, -0.2) is 56.0 Å². The van der Waals surface area contributed by atoms with Gasteiger partial charge in [-0.05, 0) is 47.0 Å². The third-order valence-corrected chi connectivity index (χ3v) is 5.72. The first-order chi connectivity index (χ1) is 12.4. The minimum Gasteiger partial charge on any atom is -0.444 e. The fraction of sp³-hybridized carbons (Fsp3) is 0.895. The number of alkyl carbamates (subject to hydrolysis) is 1. The molecule has 2 saturated carbocycles. The predicted octanol–water partition coefficient (Wildman–Crippen LogP) is 2.02. The van der Waals surface area contributed by atoms with Crippen LogP contribution in [-0.2, 0) is 9.47 Å². The molecule has 1 heterocycles. The Morgan fingerprint density at radius 2 is 2.08 bits per heavy atom. The zero-order valence-electron chi connectivity index (χ0n) is 16.6. The number of carbonyl (C=O) groups excluding carboxylic acids is 1. The monoisotopic (exact) mass is 366 g/mol. The van der Waals surface area contributed by atoms with E-state index >= 15 is 0 Å². The summed E-state index contributed by atoms with van der Waals surface area (Å²) in [6, 6.07) is 0.459. The number of rotatable bonds is 5. The number of hydrogen-bond acceptors (Lipinski definition) is 4. The molecule has 7 nitrogen and oxygen atoms in total. The Morgan fingerprint density at radius 3 is 2.69 bits per heavy atom. The van der Waals surface area contributed by atoms with Crippen molar-refractivity contribution in [3.63, 3.8) is 0 Å². The van der Waals surface area contributed by atoms with Gasteiger partial charge in [-0.15, -0.1) is 0 Å². The summed E-state index contributed by atoms with van der Waals surface area (Å²) in [5.74, 6) is 1.44. The van der Waals surface area contributed by atoms with Crippen molar-refractivity contribution in [1.29, 1.82) is 0 Å². The van der Waals surface area contributed by atoms with Crippen molar-refractivity contribution in [2.24, 2.45) is 16.3 Å². The molecule has 3 atom stereocenters. The summed E-state index contributed by atoms with van der Waals surface area (Å²) in [5, 5.41) is 9.74.